The molecule has 0 spiro atoms. The van der Waals surface area contributed by atoms with Crippen molar-refractivity contribution in [2.45, 2.75) is 52.1 Å². The first kappa shape index (κ1) is 15.9. The van der Waals surface area contributed by atoms with Crippen molar-refractivity contribution in [2.24, 2.45) is 0 Å². The molecule has 0 rings (SSSR count). The lowest BCUT2D eigenvalue weighted by Gasteiger charge is -2.23. The molecule has 3 nitrogen and oxygen atoms in total. The van der Waals surface area contributed by atoms with E-state index >= 15 is 0 Å². The van der Waals surface area contributed by atoms with Crippen LogP contribution in [0, 0.1) is 0 Å². The summed E-state index contributed by atoms with van der Waals surface area (Å²) in [4.78, 5) is 10.3. The first-order valence-corrected chi connectivity index (χ1v) is 6.32. The minimum Gasteiger partial charge on any atom is -0.331 e. The zero-order valence-corrected chi connectivity index (χ0v) is 12.0. The third-order valence-corrected chi connectivity index (χ3v) is 2.12. The predicted octanol–water partition coefficient (Wildman–Crippen LogP) is 3.00. The quantitative estimate of drug-likeness (QED) is 0.277. The standard InChI is InChI=1S/C13H30NO2/c1-13(2,3)16-15-12-10-8-7-9-11-14(4,5)6/h7-12H2,1-6H3/q+1. The summed E-state index contributed by atoms with van der Waals surface area (Å²) in [5.74, 6) is 0. The largest absolute Gasteiger partial charge is 0.331 e. The van der Waals surface area contributed by atoms with E-state index in [1.165, 1.54) is 25.8 Å². The van der Waals surface area contributed by atoms with Crippen LogP contribution in [-0.2, 0) is 9.78 Å². The summed E-state index contributed by atoms with van der Waals surface area (Å²) in [5, 5.41) is 0. The first-order chi connectivity index (χ1) is 7.21. The Balaban J connectivity index is 3.17. The summed E-state index contributed by atoms with van der Waals surface area (Å²) in [6, 6.07) is 0. The van der Waals surface area contributed by atoms with Crippen molar-refractivity contribution in [1.29, 1.82) is 0 Å². The Labute approximate surface area is 101 Å². The Morgan fingerprint density at radius 1 is 0.875 bits per heavy atom. The monoisotopic (exact) mass is 232 g/mol. The van der Waals surface area contributed by atoms with Crippen LogP contribution in [0.5, 0.6) is 0 Å². The fraction of sp³-hybridized carbons (Fsp3) is 1.00. The number of hydrogen-bond donors (Lipinski definition) is 0. The second kappa shape index (κ2) is 7.25. The molecule has 0 aliphatic rings. The van der Waals surface area contributed by atoms with Crippen LogP contribution < -0.4 is 0 Å². The zero-order chi connectivity index (χ0) is 12.7. The van der Waals surface area contributed by atoms with E-state index in [-0.39, 0.29) is 5.60 Å². The highest BCUT2D eigenvalue weighted by Crippen LogP contribution is 2.08. The Morgan fingerprint density at radius 3 is 1.94 bits per heavy atom. The molecule has 0 saturated heterocycles. The molecule has 0 atom stereocenters. The van der Waals surface area contributed by atoms with Crippen molar-refractivity contribution >= 4 is 0 Å². The predicted molar refractivity (Wildman–Crippen MR) is 68.2 cm³/mol. The molecular weight excluding hydrogens is 202 g/mol. The van der Waals surface area contributed by atoms with Gasteiger partial charge in [-0.3, -0.25) is 0 Å². The smallest absolute Gasteiger partial charge is 0.0952 e. The van der Waals surface area contributed by atoms with Crippen LogP contribution in [0.15, 0.2) is 0 Å². The van der Waals surface area contributed by atoms with E-state index in [9.17, 15) is 0 Å². The molecule has 0 heterocycles. The van der Waals surface area contributed by atoms with Gasteiger partial charge in [0.2, 0.25) is 0 Å². The highest BCUT2D eigenvalue weighted by molar-refractivity contribution is 4.54. The molecule has 16 heavy (non-hydrogen) atoms. The van der Waals surface area contributed by atoms with Crippen molar-refractivity contribution in [3.63, 3.8) is 0 Å². The number of quaternary nitrogens is 1. The molecule has 0 bridgehead atoms. The number of unbranched alkanes of at least 4 members (excludes halogenated alkanes) is 3. The molecular formula is C13H30NO2+. The summed E-state index contributed by atoms with van der Waals surface area (Å²) in [7, 11) is 6.71. The molecule has 0 fully saturated rings. The van der Waals surface area contributed by atoms with Gasteiger partial charge >= 0.3 is 0 Å². The summed E-state index contributed by atoms with van der Waals surface area (Å²) in [6.07, 6.45) is 4.90. The summed E-state index contributed by atoms with van der Waals surface area (Å²) < 4.78 is 1.06. The fourth-order valence-corrected chi connectivity index (χ4v) is 1.32. The van der Waals surface area contributed by atoms with Gasteiger partial charge in [0.25, 0.3) is 0 Å². The van der Waals surface area contributed by atoms with Crippen molar-refractivity contribution in [1.82, 2.24) is 0 Å². The molecule has 0 unspecified atom stereocenters. The maximum atomic E-state index is 5.19. The van der Waals surface area contributed by atoms with E-state index in [0.29, 0.717) is 6.61 Å². The first-order valence-electron chi connectivity index (χ1n) is 6.32. The minimum atomic E-state index is -0.191. The van der Waals surface area contributed by atoms with Crippen LogP contribution in [0.2, 0.25) is 0 Å². The van der Waals surface area contributed by atoms with Crippen molar-refractivity contribution in [3.05, 3.63) is 0 Å². The van der Waals surface area contributed by atoms with Crippen LogP contribution >= 0.6 is 0 Å². The van der Waals surface area contributed by atoms with Crippen LogP contribution in [0.3, 0.4) is 0 Å². The van der Waals surface area contributed by atoms with Gasteiger partial charge in [-0.1, -0.05) is 6.42 Å². The molecule has 0 aliphatic carbocycles. The van der Waals surface area contributed by atoms with E-state index < -0.39 is 0 Å². The molecule has 0 aromatic carbocycles. The Kier molecular flexibility index (Phi) is 7.20. The van der Waals surface area contributed by atoms with E-state index in [0.717, 1.165) is 10.9 Å². The Hall–Kier alpha value is -0.120. The number of rotatable bonds is 8. The zero-order valence-electron chi connectivity index (χ0n) is 12.0. The second-order valence-electron chi connectivity index (χ2n) is 6.45. The van der Waals surface area contributed by atoms with Crippen LogP contribution in [0.4, 0.5) is 0 Å². The van der Waals surface area contributed by atoms with Crippen molar-refractivity contribution in [3.8, 4) is 0 Å². The van der Waals surface area contributed by atoms with Crippen LogP contribution in [0.1, 0.15) is 46.5 Å². The van der Waals surface area contributed by atoms with Gasteiger partial charge in [0.15, 0.2) is 0 Å². The van der Waals surface area contributed by atoms with Crippen LogP contribution in [-0.4, -0.2) is 44.4 Å². The van der Waals surface area contributed by atoms with E-state index in [4.69, 9.17) is 9.78 Å². The van der Waals surface area contributed by atoms with E-state index in [1.54, 1.807) is 0 Å². The Morgan fingerprint density at radius 2 is 1.44 bits per heavy atom. The normalized spacial score (nSPS) is 13.1. The molecule has 0 aromatic heterocycles. The third-order valence-electron chi connectivity index (χ3n) is 2.12. The van der Waals surface area contributed by atoms with Gasteiger partial charge in [-0.25, -0.2) is 9.78 Å². The molecule has 0 N–H and O–H groups in total. The van der Waals surface area contributed by atoms with Gasteiger partial charge in [-0.15, -0.1) is 0 Å². The summed E-state index contributed by atoms with van der Waals surface area (Å²) in [5.41, 5.74) is -0.191. The molecule has 98 valence electrons. The van der Waals surface area contributed by atoms with Crippen LogP contribution in [0.25, 0.3) is 0 Å². The molecule has 0 saturated carbocycles. The van der Waals surface area contributed by atoms with Gasteiger partial charge in [-0.05, 0) is 40.0 Å². The fourth-order valence-electron chi connectivity index (χ4n) is 1.32. The highest BCUT2D eigenvalue weighted by atomic mass is 17.2. The molecule has 0 aromatic rings. The average molecular weight is 232 g/mol. The van der Waals surface area contributed by atoms with E-state index in [1.807, 2.05) is 20.8 Å². The SMILES string of the molecule is CC(C)(C)OOCCCCCC[N+](C)(C)C. The van der Waals surface area contributed by atoms with Gasteiger partial charge in [0.05, 0.1) is 39.9 Å². The van der Waals surface area contributed by atoms with Gasteiger partial charge in [-0.2, -0.15) is 0 Å². The maximum absolute atomic E-state index is 5.19. The topological polar surface area (TPSA) is 18.5 Å². The van der Waals surface area contributed by atoms with Gasteiger partial charge in [0.1, 0.15) is 0 Å². The average Bonchev–Trinajstić information content (AvgIpc) is 2.06. The summed E-state index contributed by atoms with van der Waals surface area (Å²) >= 11 is 0. The number of nitrogens with zero attached hydrogens (tertiary/aromatic N) is 1. The van der Waals surface area contributed by atoms with E-state index in [2.05, 4.69) is 21.1 Å². The lowest BCUT2D eigenvalue weighted by Crippen LogP contribution is -2.35. The lowest BCUT2D eigenvalue weighted by molar-refractivity contribution is -0.870. The molecule has 3 heteroatoms. The minimum absolute atomic E-state index is 0.191. The maximum Gasteiger partial charge on any atom is 0.0952 e. The van der Waals surface area contributed by atoms with Crippen molar-refractivity contribution < 1.29 is 14.3 Å². The van der Waals surface area contributed by atoms with Gasteiger partial charge in [0, 0.05) is 0 Å². The Bertz CT molecular complexity index is 148. The number of hydrogen-bond acceptors (Lipinski definition) is 2. The molecule has 0 radical (unpaired) electrons. The molecule has 0 amide bonds. The third kappa shape index (κ3) is 13.9. The second-order valence-corrected chi connectivity index (χ2v) is 6.45. The van der Waals surface area contributed by atoms with Gasteiger partial charge < -0.3 is 4.48 Å². The molecule has 0 aliphatic heterocycles. The summed E-state index contributed by atoms with van der Waals surface area (Å²) in [6.45, 7) is 7.94. The van der Waals surface area contributed by atoms with Crippen molar-refractivity contribution in [2.75, 3.05) is 34.3 Å². The lowest BCUT2D eigenvalue weighted by atomic mass is 10.2. The highest BCUT2D eigenvalue weighted by Gasteiger charge is 2.10.